The number of nitrogens with zero attached hydrogens (tertiary/aromatic N) is 1. The molecule has 1 N–H and O–H groups in total. The maximum atomic E-state index is 13.3. The summed E-state index contributed by atoms with van der Waals surface area (Å²) in [6.07, 6.45) is 1.40. The number of sulfonamides is 1. The number of hydrogen-bond acceptors (Lipinski definition) is 4. The van der Waals surface area contributed by atoms with E-state index in [1.165, 1.54) is 16.4 Å². The molecule has 0 atom stereocenters. The molecule has 166 valence electrons. The Balaban J connectivity index is 1.65. The van der Waals surface area contributed by atoms with Gasteiger partial charge in [0.05, 0.1) is 22.8 Å². The molecule has 0 radical (unpaired) electrons. The highest BCUT2D eigenvalue weighted by Crippen LogP contribution is 2.34. The molecule has 6 nitrogen and oxygen atoms in total. The van der Waals surface area contributed by atoms with Gasteiger partial charge in [-0.2, -0.15) is 0 Å². The summed E-state index contributed by atoms with van der Waals surface area (Å²) in [6.45, 7) is 2.57. The number of fused-ring (bicyclic) bond motifs is 1. The lowest BCUT2D eigenvalue weighted by atomic mass is 10.0. The Bertz CT molecular complexity index is 1240. The van der Waals surface area contributed by atoms with Crippen molar-refractivity contribution < 1.29 is 22.3 Å². The first-order valence-corrected chi connectivity index (χ1v) is 11.8. The first-order chi connectivity index (χ1) is 15.4. The van der Waals surface area contributed by atoms with E-state index in [0.717, 1.165) is 24.1 Å². The molecule has 0 bridgehead atoms. The van der Waals surface area contributed by atoms with Crippen molar-refractivity contribution in [3.63, 3.8) is 0 Å². The van der Waals surface area contributed by atoms with Gasteiger partial charge < -0.3 is 10.1 Å². The molecule has 0 saturated heterocycles. The molecule has 1 aliphatic heterocycles. The van der Waals surface area contributed by atoms with Gasteiger partial charge >= 0.3 is 0 Å². The van der Waals surface area contributed by atoms with E-state index in [-0.39, 0.29) is 10.8 Å². The average molecular weight is 455 g/mol. The third-order valence-corrected chi connectivity index (χ3v) is 7.08. The Morgan fingerprint density at radius 1 is 1.09 bits per heavy atom. The zero-order valence-electron chi connectivity index (χ0n) is 17.5. The summed E-state index contributed by atoms with van der Waals surface area (Å²) in [7, 11) is -3.87. The van der Waals surface area contributed by atoms with Gasteiger partial charge in [0.15, 0.2) is 0 Å². The molecule has 8 heteroatoms. The van der Waals surface area contributed by atoms with Crippen LogP contribution in [0.15, 0.2) is 71.6 Å². The predicted octanol–water partition coefficient (Wildman–Crippen LogP) is 4.62. The van der Waals surface area contributed by atoms with Crippen LogP contribution < -0.4 is 14.4 Å². The van der Waals surface area contributed by atoms with E-state index >= 15 is 0 Å². The highest BCUT2D eigenvalue weighted by atomic mass is 32.2. The number of nitrogens with one attached hydrogen (secondary N) is 1. The van der Waals surface area contributed by atoms with Crippen LogP contribution in [0.2, 0.25) is 0 Å². The number of ether oxygens (including phenoxy) is 1. The molecule has 4 rings (SSSR count). The maximum absolute atomic E-state index is 13.3. The molecule has 0 saturated carbocycles. The van der Waals surface area contributed by atoms with E-state index < -0.39 is 15.8 Å². The highest BCUT2D eigenvalue weighted by molar-refractivity contribution is 7.92. The van der Waals surface area contributed by atoms with Crippen molar-refractivity contribution in [2.24, 2.45) is 0 Å². The summed E-state index contributed by atoms with van der Waals surface area (Å²) >= 11 is 0. The minimum absolute atomic E-state index is 0.0202. The molecular weight excluding hydrogens is 431 g/mol. The quantitative estimate of drug-likeness (QED) is 0.590. The molecule has 1 aliphatic rings. The van der Waals surface area contributed by atoms with Crippen LogP contribution in [0, 0.1) is 5.82 Å². The molecule has 1 heterocycles. The summed E-state index contributed by atoms with van der Waals surface area (Å²) in [6, 6.07) is 17.0. The van der Waals surface area contributed by atoms with Gasteiger partial charge in [-0.1, -0.05) is 18.2 Å². The first kappa shape index (κ1) is 21.8. The summed E-state index contributed by atoms with van der Waals surface area (Å²) in [4.78, 5) is 12.9. The Hall–Kier alpha value is -3.39. The third-order valence-electron chi connectivity index (χ3n) is 5.25. The second-order valence-corrected chi connectivity index (χ2v) is 9.22. The molecular formula is C24H23FN2O4S. The van der Waals surface area contributed by atoms with E-state index in [0.29, 0.717) is 42.3 Å². The summed E-state index contributed by atoms with van der Waals surface area (Å²) in [5.74, 6) is -0.371. The fourth-order valence-corrected chi connectivity index (χ4v) is 5.27. The number of aryl methyl sites for hydroxylation is 1. The van der Waals surface area contributed by atoms with Crippen molar-refractivity contribution in [3.8, 4) is 5.75 Å². The largest absolute Gasteiger partial charge is 0.493 e. The van der Waals surface area contributed by atoms with Crippen LogP contribution >= 0.6 is 0 Å². The molecule has 0 fully saturated rings. The number of carbonyl (C=O) groups is 1. The number of amides is 1. The third kappa shape index (κ3) is 4.31. The molecule has 3 aromatic rings. The summed E-state index contributed by atoms with van der Waals surface area (Å²) in [5, 5.41) is 2.84. The fraction of sp³-hybridized carbons (Fsp3) is 0.208. The van der Waals surface area contributed by atoms with Gasteiger partial charge in [0, 0.05) is 12.2 Å². The topological polar surface area (TPSA) is 75.7 Å². The minimum atomic E-state index is -3.87. The Labute approximate surface area is 186 Å². The molecule has 0 spiro atoms. The number of rotatable bonds is 6. The molecule has 0 aliphatic carbocycles. The molecule has 1 amide bonds. The van der Waals surface area contributed by atoms with Crippen LogP contribution in [0.1, 0.15) is 29.3 Å². The number of hydrogen-bond donors (Lipinski definition) is 1. The lowest BCUT2D eigenvalue weighted by molar-refractivity contribution is 0.102. The molecule has 0 unspecified atom stereocenters. The SMILES string of the molecule is CCOc1ccccc1C(=O)Nc1ccc2c(c1)N(S(=O)(=O)c1ccc(F)cc1)CCC2. The standard InChI is InChI=1S/C24H23FN2O4S/c1-2-31-23-8-4-3-7-21(23)24(28)26-19-12-9-17-6-5-15-27(22(17)16-19)32(29,30)20-13-10-18(25)11-14-20/h3-4,7-14,16H,2,5-6,15H2,1H3,(H,26,28). The van der Waals surface area contributed by atoms with E-state index in [2.05, 4.69) is 5.32 Å². The zero-order valence-corrected chi connectivity index (χ0v) is 18.4. The van der Waals surface area contributed by atoms with Crippen molar-refractivity contribution in [3.05, 3.63) is 83.7 Å². The Morgan fingerprint density at radius 3 is 2.59 bits per heavy atom. The number of anilines is 2. The molecule has 32 heavy (non-hydrogen) atoms. The highest BCUT2D eigenvalue weighted by Gasteiger charge is 2.29. The summed E-state index contributed by atoms with van der Waals surface area (Å²) < 4.78 is 46.6. The number of halogens is 1. The van der Waals surface area contributed by atoms with Gasteiger partial charge in [0.25, 0.3) is 15.9 Å². The lowest BCUT2D eigenvalue weighted by Gasteiger charge is -2.31. The smallest absolute Gasteiger partial charge is 0.264 e. The van der Waals surface area contributed by atoms with Crippen molar-refractivity contribution >= 4 is 27.3 Å². The number of carbonyl (C=O) groups excluding carboxylic acids is 1. The fourth-order valence-electron chi connectivity index (χ4n) is 3.74. The van der Waals surface area contributed by atoms with Crippen LogP contribution in [0.5, 0.6) is 5.75 Å². The first-order valence-electron chi connectivity index (χ1n) is 10.3. The zero-order chi connectivity index (χ0) is 22.7. The van der Waals surface area contributed by atoms with Crippen molar-refractivity contribution in [1.29, 1.82) is 0 Å². The monoisotopic (exact) mass is 454 g/mol. The second-order valence-electron chi connectivity index (χ2n) is 7.36. The molecule has 3 aromatic carbocycles. The van der Waals surface area contributed by atoms with Crippen LogP contribution in [-0.2, 0) is 16.4 Å². The average Bonchev–Trinajstić information content (AvgIpc) is 2.79. The second kappa shape index (κ2) is 9.00. The predicted molar refractivity (Wildman–Crippen MR) is 121 cm³/mol. The van der Waals surface area contributed by atoms with E-state index in [9.17, 15) is 17.6 Å². The van der Waals surface area contributed by atoms with E-state index in [1.54, 1.807) is 36.4 Å². The Kier molecular flexibility index (Phi) is 6.14. The molecule has 0 aromatic heterocycles. The summed E-state index contributed by atoms with van der Waals surface area (Å²) in [5.41, 5.74) is 2.25. The number of para-hydroxylation sites is 1. The van der Waals surface area contributed by atoms with Crippen LogP contribution in [-0.4, -0.2) is 27.5 Å². The van der Waals surface area contributed by atoms with Crippen molar-refractivity contribution in [2.45, 2.75) is 24.7 Å². The maximum Gasteiger partial charge on any atom is 0.264 e. The number of benzene rings is 3. The van der Waals surface area contributed by atoms with Crippen molar-refractivity contribution in [2.75, 3.05) is 22.8 Å². The van der Waals surface area contributed by atoms with E-state index in [4.69, 9.17) is 4.74 Å². The van der Waals surface area contributed by atoms with Gasteiger partial charge in [-0.3, -0.25) is 9.10 Å². The van der Waals surface area contributed by atoms with Gasteiger partial charge in [0.2, 0.25) is 0 Å². The lowest BCUT2D eigenvalue weighted by Crippen LogP contribution is -2.35. The van der Waals surface area contributed by atoms with E-state index in [1.807, 2.05) is 13.0 Å². The van der Waals surface area contributed by atoms with Gasteiger partial charge in [-0.15, -0.1) is 0 Å². The van der Waals surface area contributed by atoms with Gasteiger partial charge in [-0.05, 0) is 73.9 Å². The minimum Gasteiger partial charge on any atom is -0.493 e. The van der Waals surface area contributed by atoms with Crippen molar-refractivity contribution in [1.82, 2.24) is 0 Å². The van der Waals surface area contributed by atoms with Crippen LogP contribution in [0.4, 0.5) is 15.8 Å². The van der Waals surface area contributed by atoms with Crippen LogP contribution in [0.3, 0.4) is 0 Å². The normalized spacial score (nSPS) is 13.4. The van der Waals surface area contributed by atoms with Gasteiger partial charge in [-0.25, -0.2) is 12.8 Å². The van der Waals surface area contributed by atoms with Gasteiger partial charge in [0.1, 0.15) is 11.6 Å². The van der Waals surface area contributed by atoms with Crippen LogP contribution in [0.25, 0.3) is 0 Å². The Morgan fingerprint density at radius 2 is 1.84 bits per heavy atom.